The molecule has 0 unspecified atom stereocenters. The Hall–Kier alpha value is -1.14. The van der Waals surface area contributed by atoms with Crippen molar-refractivity contribution in [2.75, 3.05) is 32.8 Å². The summed E-state index contributed by atoms with van der Waals surface area (Å²) in [6.45, 7) is 3.54. The number of rotatable bonds is 8. The van der Waals surface area contributed by atoms with E-state index in [1.54, 1.807) is 0 Å². The average molecular weight is 325 g/mol. The highest BCUT2D eigenvalue weighted by Gasteiger charge is 2.20. The first-order valence-corrected chi connectivity index (χ1v) is 9.06. The molecule has 2 rings (SSSR count). The molecule has 0 aromatic rings. The van der Waals surface area contributed by atoms with E-state index in [4.69, 9.17) is 5.11 Å². The number of β-amino-alcohol motifs (C(OH)–C–C–N with tert-alkyl or cyclic N) is 1. The van der Waals surface area contributed by atoms with Crippen LogP contribution in [0.2, 0.25) is 0 Å². The number of nitrogens with one attached hydrogen (secondary N) is 2. The molecule has 1 saturated carbocycles. The van der Waals surface area contributed by atoms with E-state index in [0.29, 0.717) is 25.0 Å². The molecule has 0 spiro atoms. The van der Waals surface area contributed by atoms with E-state index in [2.05, 4.69) is 15.5 Å². The number of nitrogens with zero attached hydrogens (tertiary/aromatic N) is 1. The molecular weight excluding hydrogens is 294 g/mol. The second-order valence-electron chi connectivity index (χ2n) is 6.89. The van der Waals surface area contributed by atoms with E-state index in [-0.39, 0.29) is 31.3 Å². The number of aliphatic hydroxyl groups excluding tert-OH is 1. The third-order valence-electron chi connectivity index (χ3n) is 4.91. The number of likely N-dealkylation sites (tertiary alicyclic amines) is 1. The van der Waals surface area contributed by atoms with Crippen molar-refractivity contribution in [1.29, 1.82) is 0 Å². The van der Waals surface area contributed by atoms with Crippen molar-refractivity contribution in [1.82, 2.24) is 15.5 Å². The first-order valence-electron chi connectivity index (χ1n) is 9.06. The summed E-state index contributed by atoms with van der Waals surface area (Å²) < 4.78 is 0. The second kappa shape index (κ2) is 9.88. The van der Waals surface area contributed by atoms with Crippen LogP contribution >= 0.6 is 0 Å². The van der Waals surface area contributed by atoms with E-state index in [9.17, 15) is 9.59 Å². The molecule has 2 aliphatic rings. The highest BCUT2D eigenvalue weighted by Crippen LogP contribution is 2.18. The topological polar surface area (TPSA) is 81.7 Å². The minimum absolute atomic E-state index is 0.00108. The Morgan fingerprint density at radius 3 is 2.52 bits per heavy atom. The highest BCUT2D eigenvalue weighted by atomic mass is 16.3. The van der Waals surface area contributed by atoms with Gasteiger partial charge in [0.15, 0.2) is 0 Å². The summed E-state index contributed by atoms with van der Waals surface area (Å²) in [6, 6.07) is 0.324. The van der Waals surface area contributed by atoms with Crippen LogP contribution < -0.4 is 10.6 Å². The van der Waals surface area contributed by atoms with Crippen molar-refractivity contribution in [3.05, 3.63) is 0 Å². The van der Waals surface area contributed by atoms with Crippen molar-refractivity contribution in [3.8, 4) is 0 Å². The van der Waals surface area contributed by atoms with Crippen molar-refractivity contribution in [3.63, 3.8) is 0 Å². The van der Waals surface area contributed by atoms with Crippen LogP contribution in [-0.2, 0) is 9.59 Å². The molecule has 0 aromatic heterocycles. The Balaban J connectivity index is 1.56. The number of hydrogen-bond acceptors (Lipinski definition) is 4. The molecule has 132 valence electrons. The van der Waals surface area contributed by atoms with Gasteiger partial charge in [-0.2, -0.15) is 0 Å². The zero-order valence-electron chi connectivity index (χ0n) is 14.1. The Morgan fingerprint density at radius 2 is 1.78 bits per heavy atom. The van der Waals surface area contributed by atoms with E-state index < -0.39 is 0 Å². The van der Waals surface area contributed by atoms with Crippen molar-refractivity contribution in [2.24, 2.45) is 5.92 Å². The summed E-state index contributed by atoms with van der Waals surface area (Å²) in [4.78, 5) is 25.9. The first kappa shape index (κ1) is 18.2. The van der Waals surface area contributed by atoms with E-state index in [1.165, 1.54) is 12.8 Å². The predicted molar refractivity (Wildman–Crippen MR) is 88.9 cm³/mol. The average Bonchev–Trinajstić information content (AvgIpc) is 3.04. The van der Waals surface area contributed by atoms with Crippen LogP contribution in [0.3, 0.4) is 0 Å². The Labute approximate surface area is 139 Å². The molecule has 0 bridgehead atoms. The van der Waals surface area contributed by atoms with Gasteiger partial charge in [0.2, 0.25) is 11.8 Å². The van der Waals surface area contributed by atoms with E-state index >= 15 is 0 Å². The van der Waals surface area contributed by atoms with Gasteiger partial charge >= 0.3 is 0 Å². The molecular formula is C17H31N3O3. The molecule has 1 saturated heterocycles. The lowest BCUT2D eigenvalue weighted by atomic mass is 9.98. The number of piperidine rings is 1. The van der Waals surface area contributed by atoms with Crippen LogP contribution in [0, 0.1) is 5.92 Å². The number of aliphatic hydroxyl groups is 1. The molecule has 1 aliphatic carbocycles. The summed E-state index contributed by atoms with van der Waals surface area (Å²) in [6.07, 6.45) is 7.32. The minimum Gasteiger partial charge on any atom is -0.395 e. The van der Waals surface area contributed by atoms with Crippen LogP contribution in [0.15, 0.2) is 0 Å². The molecule has 0 radical (unpaired) electrons. The smallest absolute Gasteiger partial charge is 0.220 e. The van der Waals surface area contributed by atoms with Crippen LogP contribution in [0.4, 0.5) is 0 Å². The summed E-state index contributed by atoms with van der Waals surface area (Å²) in [7, 11) is 0. The Kier molecular flexibility index (Phi) is 7.82. The maximum absolute atomic E-state index is 11.9. The number of hydrogen-bond donors (Lipinski definition) is 3. The Morgan fingerprint density at radius 1 is 1.04 bits per heavy atom. The molecule has 6 heteroatoms. The lowest BCUT2D eigenvalue weighted by Gasteiger charge is -2.32. The summed E-state index contributed by atoms with van der Waals surface area (Å²) >= 11 is 0. The lowest BCUT2D eigenvalue weighted by Crippen LogP contribution is -2.42. The molecule has 1 atom stereocenters. The maximum atomic E-state index is 11.9. The van der Waals surface area contributed by atoms with Crippen LogP contribution in [-0.4, -0.2) is 60.6 Å². The molecule has 2 amide bonds. The number of carbonyl (C=O) groups is 2. The van der Waals surface area contributed by atoms with Gasteiger partial charge in [0, 0.05) is 38.5 Å². The lowest BCUT2D eigenvalue weighted by molar-refractivity contribution is -0.126. The molecule has 0 aromatic carbocycles. The van der Waals surface area contributed by atoms with Crippen molar-refractivity contribution >= 4 is 11.8 Å². The van der Waals surface area contributed by atoms with Gasteiger partial charge in [0.1, 0.15) is 0 Å². The van der Waals surface area contributed by atoms with Crippen LogP contribution in [0.25, 0.3) is 0 Å². The molecule has 6 nitrogen and oxygen atoms in total. The van der Waals surface area contributed by atoms with Gasteiger partial charge in [-0.25, -0.2) is 0 Å². The van der Waals surface area contributed by atoms with Gasteiger partial charge in [0.25, 0.3) is 0 Å². The largest absolute Gasteiger partial charge is 0.395 e. The summed E-state index contributed by atoms with van der Waals surface area (Å²) in [5.41, 5.74) is 0. The summed E-state index contributed by atoms with van der Waals surface area (Å²) in [5, 5.41) is 15.0. The zero-order valence-corrected chi connectivity index (χ0v) is 14.1. The normalized spacial score (nSPS) is 22.9. The van der Waals surface area contributed by atoms with Gasteiger partial charge in [-0.1, -0.05) is 12.8 Å². The minimum atomic E-state index is -0.0362. The second-order valence-corrected chi connectivity index (χ2v) is 6.89. The van der Waals surface area contributed by atoms with Crippen LogP contribution in [0.1, 0.15) is 51.4 Å². The monoisotopic (exact) mass is 325 g/mol. The fourth-order valence-electron chi connectivity index (χ4n) is 3.61. The van der Waals surface area contributed by atoms with E-state index in [1.807, 2.05) is 0 Å². The zero-order chi connectivity index (χ0) is 16.5. The van der Waals surface area contributed by atoms with Gasteiger partial charge in [-0.05, 0) is 38.1 Å². The van der Waals surface area contributed by atoms with Gasteiger partial charge in [-0.15, -0.1) is 0 Å². The molecule has 23 heavy (non-hydrogen) atoms. The third kappa shape index (κ3) is 6.87. The van der Waals surface area contributed by atoms with Crippen molar-refractivity contribution < 1.29 is 14.7 Å². The number of amides is 2. The van der Waals surface area contributed by atoms with Crippen LogP contribution in [0.5, 0.6) is 0 Å². The highest BCUT2D eigenvalue weighted by molar-refractivity contribution is 5.83. The van der Waals surface area contributed by atoms with E-state index in [0.717, 1.165) is 38.8 Å². The molecule has 3 N–H and O–H groups in total. The van der Waals surface area contributed by atoms with Gasteiger partial charge in [-0.3, -0.25) is 9.59 Å². The predicted octanol–water partition coefficient (Wildman–Crippen LogP) is 0.646. The summed E-state index contributed by atoms with van der Waals surface area (Å²) in [5.74, 6) is 0.413. The molecule has 2 fully saturated rings. The van der Waals surface area contributed by atoms with Gasteiger partial charge < -0.3 is 20.6 Å². The molecule has 1 aliphatic heterocycles. The first-order chi connectivity index (χ1) is 11.2. The standard InChI is InChI=1S/C17H31N3O3/c21-11-10-20-9-3-4-14(13-20)12-18-16(22)7-8-17(23)19-15-5-1-2-6-15/h14-15,21H,1-13H2,(H,18,22)(H,19,23)/t14-/m0/s1. The maximum Gasteiger partial charge on any atom is 0.220 e. The SMILES string of the molecule is O=C(CCC(=O)NC1CCCC1)NC[C@@H]1CCCN(CCO)C1. The molecule has 1 heterocycles. The number of carbonyl (C=O) groups excluding carboxylic acids is 2. The Bertz CT molecular complexity index is 381. The van der Waals surface area contributed by atoms with Gasteiger partial charge in [0.05, 0.1) is 6.61 Å². The fourth-order valence-corrected chi connectivity index (χ4v) is 3.61. The van der Waals surface area contributed by atoms with Crippen molar-refractivity contribution in [2.45, 2.75) is 57.4 Å². The third-order valence-corrected chi connectivity index (χ3v) is 4.91. The fraction of sp³-hybridized carbons (Fsp3) is 0.882. The quantitative estimate of drug-likeness (QED) is 0.612.